The molecule has 0 rings (SSSR count). The zero-order valence-electron chi connectivity index (χ0n) is 7.52. The third-order valence-corrected chi connectivity index (χ3v) is 6.31. The van der Waals surface area contributed by atoms with Crippen molar-refractivity contribution in [2.75, 3.05) is 0 Å². The van der Waals surface area contributed by atoms with Crippen molar-refractivity contribution in [2.45, 2.75) is 45.2 Å². The molecule has 0 aromatic heterocycles. The molecule has 0 spiro atoms. The van der Waals surface area contributed by atoms with Crippen LogP contribution in [0, 0.1) is 0 Å². The minimum Gasteiger partial charge on any atom is -0.466 e. The molecule has 0 radical (unpaired) electrons. The van der Waals surface area contributed by atoms with Gasteiger partial charge < -0.3 is 4.12 Å². The highest BCUT2D eigenvalue weighted by atomic mass is 28.3. The third-order valence-electron chi connectivity index (χ3n) is 1.87. The Morgan fingerprint density at radius 3 is 2.50 bits per heavy atom. The Morgan fingerprint density at radius 1 is 1.30 bits per heavy atom. The molecule has 0 aliphatic rings. The second kappa shape index (κ2) is 7.50. The standard InChI is InChI=1S/C7H20OSi2/c1-3-4-5-6-7-10(2)8-9/h10H,3-7H2,1-2,9H3. The van der Waals surface area contributed by atoms with Crippen molar-refractivity contribution in [3.05, 3.63) is 0 Å². The van der Waals surface area contributed by atoms with E-state index in [9.17, 15) is 0 Å². The summed E-state index contributed by atoms with van der Waals surface area (Å²) >= 11 is 0. The van der Waals surface area contributed by atoms with Gasteiger partial charge in [-0.1, -0.05) is 32.6 Å². The van der Waals surface area contributed by atoms with Crippen LogP contribution in [-0.2, 0) is 4.12 Å². The van der Waals surface area contributed by atoms with Crippen LogP contribution in [0.25, 0.3) is 0 Å². The lowest BCUT2D eigenvalue weighted by Crippen LogP contribution is -2.09. The average molecular weight is 176 g/mol. The van der Waals surface area contributed by atoms with Gasteiger partial charge in [0.15, 0.2) is 9.04 Å². The van der Waals surface area contributed by atoms with Gasteiger partial charge in [0, 0.05) is 0 Å². The topological polar surface area (TPSA) is 9.23 Å². The van der Waals surface area contributed by atoms with Crippen LogP contribution < -0.4 is 0 Å². The summed E-state index contributed by atoms with van der Waals surface area (Å²) in [4.78, 5) is 0. The number of hydrogen-bond acceptors (Lipinski definition) is 1. The van der Waals surface area contributed by atoms with Crippen LogP contribution in [-0.4, -0.2) is 19.5 Å². The van der Waals surface area contributed by atoms with Gasteiger partial charge in [-0.2, -0.15) is 0 Å². The Morgan fingerprint density at radius 2 is 2.00 bits per heavy atom. The molecular formula is C7H20OSi2. The summed E-state index contributed by atoms with van der Waals surface area (Å²) in [6.45, 7) is 4.56. The van der Waals surface area contributed by atoms with E-state index in [2.05, 4.69) is 13.5 Å². The first-order valence-corrected chi connectivity index (χ1v) is 7.60. The van der Waals surface area contributed by atoms with E-state index in [0.717, 1.165) is 10.5 Å². The Labute approximate surface area is 69.4 Å². The number of unbranched alkanes of at least 4 members (excludes halogenated alkanes) is 3. The molecule has 1 nitrogen and oxygen atoms in total. The molecule has 0 bridgehead atoms. The van der Waals surface area contributed by atoms with Crippen LogP contribution in [0.5, 0.6) is 0 Å². The van der Waals surface area contributed by atoms with Crippen LogP contribution >= 0.6 is 0 Å². The van der Waals surface area contributed by atoms with Crippen molar-refractivity contribution in [1.82, 2.24) is 0 Å². The molecule has 0 aromatic rings. The summed E-state index contributed by atoms with van der Waals surface area (Å²) in [5, 5.41) is 0. The summed E-state index contributed by atoms with van der Waals surface area (Å²) in [5.74, 6) is 0. The molecule has 0 N–H and O–H groups in total. The molecule has 0 aromatic carbocycles. The zero-order chi connectivity index (χ0) is 7.82. The highest BCUT2D eigenvalue weighted by molar-refractivity contribution is 6.54. The third kappa shape index (κ3) is 6.51. The predicted molar refractivity (Wildman–Crippen MR) is 53.0 cm³/mol. The first kappa shape index (κ1) is 10.4. The van der Waals surface area contributed by atoms with Gasteiger partial charge in [-0.15, -0.1) is 0 Å². The molecule has 1 unspecified atom stereocenters. The minimum absolute atomic E-state index is 0.662. The summed E-state index contributed by atoms with van der Waals surface area (Å²) in [6, 6.07) is 1.39. The SMILES string of the molecule is CCCCCC[SiH](C)O[SiH3]. The lowest BCUT2D eigenvalue weighted by atomic mass is 10.2. The fourth-order valence-electron chi connectivity index (χ4n) is 0.976. The normalized spacial score (nSPS) is 13.8. The van der Waals surface area contributed by atoms with E-state index < -0.39 is 9.04 Å². The predicted octanol–water partition coefficient (Wildman–Crippen LogP) is 1.22. The van der Waals surface area contributed by atoms with Crippen molar-refractivity contribution in [2.24, 2.45) is 0 Å². The maximum Gasteiger partial charge on any atom is 0.159 e. The van der Waals surface area contributed by atoms with E-state index in [1.807, 2.05) is 0 Å². The highest BCUT2D eigenvalue weighted by Crippen LogP contribution is 2.05. The van der Waals surface area contributed by atoms with E-state index in [1.165, 1.54) is 31.7 Å². The van der Waals surface area contributed by atoms with E-state index in [4.69, 9.17) is 4.12 Å². The van der Waals surface area contributed by atoms with Crippen LogP contribution in [0.4, 0.5) is 0 Å². The van der Waals surface area contributed by atoms with Gasteiger partial charge in [-0.3, -0.25) is 0 Å². The maximum atomic E-state index is 5.41. The van der Waals surface area contributed by atoms with Gasteiger partial charge in [0.25, 0.3) is 0 Å². The van der Waals surface area contributed by atoms with Crippen molar-refractivity contribution >= 4 is 19.5 Å². The first-order chi connectivity index (χ1) is 4.81. The summed E-state index contributed by atoms with van der Waals surface area (Å²) in [7, 11) is 0.292. The molecule has 0 heterocycles. The van der Waals surface area contributed by atoms with Gasteiger partial charge in [-0.25, -0.2) is 0 Å². The van der Waals surface area contributed by atoms with Gasteiger partial charge in [0.1, 0.15) is 10.5 Å². The van der Waals surface area contributed by atoms with Gasteiger partial charge in [-0.05, 0) is 12.6 Å². The summed E-state index contributed by atoms with van der Waals surface area (Å²) < 4.78 is 5.41. The molecule has 0 saturated heterocycles. The molecule has 62 valence electrons. The molecule has 0 saturated carbocycles. The quantitative estimate of drug-likeness (QED) is 0.437. The molecule has 0 aliphatic carbocycles. The lowest BCUT2D eigenvalue weighted by molar-refractivity contribution is 0.616. The second-order valence-corrected chi connectivity index (χ2v) is 6.98. The fourth-order valence-corrected chi connectivity index (χ4v) is 2.78. The second-order valence-electron chi connectivity index (χ2n) is 2.90. The first-order valence-electron chi connectivity index (χ1n) is 4.34. The highest BCUT2D eigenvalue weighted by Gasteiger charge is 1.99. The molecular weight excluding hydrogens is 156 g/mol. The van der Waals surface area contributed by atoms with Gasteiger partial charge in [0.05, 0.1) is 0 Å². The maximum absolute atomic E-state index is 5.41. The summed E-state index contributed by atoms with van der Waals surface area (Å²) in [5.41, 5.74) is 0. The molecule has 0 aliphatic heterocycles. The smallest absolute Gasteiger partial charge is 0.159 e. The largest absolute Gasteiger partial charge is 0.466 e. The monoisotopic (exact) mass is 176 g/mol. The van der Waals surface area contributed by atoms with Crippen LogP contribution in [0.2, 0.25) is 12.6 Å². The Bertz CT molecular complexity index is 68.6. The van der Waals surface area contributed by atoms with E-state index in [1.54, 1.807) is 0 Å². The fraction of sp³-hybridized carbons (Fsp3) is 1.00. The molecule has 0 fully saturated rings. The summed E-state index contributed by atoms with van der Waals surface area (Å²) in [6.07, 6.45) is 5.57. The van der Waals surface area contributed by atoms with Crippen LogP contribution in [0.1, 0.15) is 32.6 Å². The minimum atomic E-state index is -0.662. The number of hydrogen-bond donors (Lipinski definition) is 0. The molecule has 0 amide bonds. The van der Waals surface area contributed by atoms with Crippen molar-refractivity contribution < 1.29 is 4.12 Å². The van der Waals surface area contributed by atoms with Crippen molar-refractivity contribution in [3.63, 3.8) is 0 Å². The van der Waals surface area contributed by atoms with E-state index >= 15 is 0 Å². The number of rotatable bonds is 6. The molecule has 1 atom stereocenters. The van der Waals surface area contributed by atoms with Gasteiger partial charge in [0.2, 0.25) is 0 Å². The Kier molecular flexibility index (Phi) is 7.80. The lowest BCUT2D eigenvalue weighted by Gasteiger charge is -2.06. The Hall–Kier alpha value is 0.394. The zero-order valence-corrected chi connectivity index (χ0v) is 10.7. The molecule has 10 heavy (non-hydrogen) atoms. The average Bonchev–Trinajstić information content (AvgIpc) is 1.98. The van der Waals surface area contributed by atoms with Crippen LogP contribution in [0.15, 0.2) is 0 Å². The molecule has 3 heteroatoms. The van der Waals surface area contributed by atoms with Gasteiger partial charge >= 0.3 is 0 Å². The van der Waals surface area contributed by atoms with Crippen molar-refractivity contribution in [1.29, 1.82) is 0 Å². The van der Waals surface area contributed by atoms with Crippen LogP contribution in [0.3, 0.4) is 0 Å². The Balaban J connectivity index is 2.89. The van der Waals surface area contributed by atoms with E-state index in [-0.39, 0.29) is 0 Å². The van der Waals surface area contributed by atoms with E-state index in [0.29, 0.717) is 0 Å². The van der Waals surface area contributed by atoms with Crippen molar-refractivity contribution in [3.8, 4) is 0 Å².